The van der Waals surface area contributed by atoms with Gasteiger partial charge in [-0.15, -0.1) is 0 Å². The molecular weight excluding hydrogens is 194 g/mol. The van der Waals surface area contributed by atoms with Crippen LogP contribution in [0.5, 0.6) is 0 Å². The van der Waals surface area contributed by atoms with Crippen molar-refractivity contribution >= 4 is 5.91 Å². The third-order valence-electron chi connectivity index (χ3n) is 2.42. The molecule has 0 spiro atoms. The minimum Gasteiger partial charge on any atom is -0.445 e. The van der Waals surface area contributed by atoms with E-state index in [-0.39, 0.29) is 11.9 Å². The van der Waals surface area contributed by atoms with Crippen LogP contribution in [0, 0.1) is 6.92 Å². The molecule has 1 unspecified atom stereocenters. The van der Waals surface area contributed by atoms with Gasteiger partial charge in [0.05, 0.1) is 12.7 Å². The highest BCUT2D eigenvalue weighted by Gasteiger charge is 2.19. The number of hydrogen-bond acceptors (Lipinski definition) is 4. The molecule has 0 radical (unpaired) electrons. The van der Waals surface area contributed by atoms with Gasteiger partial charge in [0.25, 0.3) is 0 Å². The smallest absolute Gasteiger partial charge is 0.220 e. The van der Waals surface area contributed by atoms with Gasteiger partial charge >= 0.3 is 0 Å². The van der Waals surface area contributed by atoms with E-state index in [0.29, 0.717) is 18.9 Å². The van der Waals surface area contributed by atoms with E-state index in [2.05, 4.69) is 15.6 Å². The van der Waals surface area contributed by atoms with Crippen LogP contribution in [0.2, 0.25) is 0 Å². The van der Waals surface area contributed by atoms with E-state index < -0.39 is 0 Å². The van der Waals surface area contributed by atoms with Gasteiger partial charge in [0.1, 0.15) is 5.76 Å². The molecule has 1 aromatic rings. The van der Waals surface area contributed by atoms with Gasteiger partial charge in [-0.05, 0) is 13.3 Å². The second kappa shape index (κ2) is 4.44. The van der Waals surface area contributed by atoms with Gasteiger partial charge < -0.3 is 15.1 Å². The van der Waals surface area contributed by atoms with Crippen molar-refractivity contribution in [2.45, 2.75) is 32.4 Å². The highest BCUT2D eigenvalue weighted by Crippen LogP contribution is 2.05. The second-order valence-electron chi connectivity index (χ2n) is 3.80. The van der Waals surface area contributed by atoms with E-state index in [9.17, 15) is 4.79 Å². The number of carbonyl (C=O) groups excluding carboxylic acids is 1. The molecule has 0 bridgehead atoms. The SMILES string of the molecule is Cc1cnc(CNCC2CCC(=O)N2)o1. The molecule has 82 valence electrons. The maximum atomic E-state index is 10.9. The number of aromatic nitrogens is 1. The first kappa shape index (κ1) is 10.2. The number of amides is 1. The monoisotopic (exact) mass is 209 g/mol. The Bertz CT molecular complexity index is 348. The summed E-state index contributed by atoms with van der Waals surface area (Å²) < 4.78 is 5.31. The van der Waals surface area contributed by atoms with Gasteiger partial charge in [-0.25, -0.2) is 4.98 Å². The predicted molar refractivity (Wildman–Crippen MR) is 54.1 cm³/mol. The first-order valence-electron chi connectivity index (χ1n) is 5.15. The largest absolute Gasteiger partial charge is 0.445 e. The first-order valence-corrected chi connectivity index (χ1v) is 5.15. The maximum absolute atomic E-state index is 10.9. The summed E-state index contributed by atoms with van der Waals surface area (Å²) in [4.78, 5) is 15.0. The van der Waals surface area contributed by atoms with Crippen LogP contribution in [0.4, 0.5) is 0 Å². The third-order valence-corrected chi connectivity index (χ3v) is 2.42. The van der Waals surface area contributed by atoms with Gasteiger partial charge in [0.2, 0.25) is 11.8 Å². The van der Waals surface area contributed by atoms with Gasteiger partial charge in [0, 0.05) is 19.0 Å². The Labute approximate surface area is 88.3 Å². The van der Waals surface area contributed by atoms with Gasteiger partial charge in [-0.2, -0.15) is 0 Å². The number of nitrogens with one attached hydrogen (secondary N) is 2. The topological polar surface area (TPSA) is 67.2 Å². The zero-order chi connectivity index (χ0) is 10.7. The molecule has 1 aromatic heterocycles. The third kappa shape index (κ3) is 2.79. The molecule has 1 aliphatic rings. The van der Waals surface area contributed by atoms with E-state index in [1.165, 1.54) is 0 Å². The molecule has 2 N–H and O–H groups in total. The molecule has 0 aliphatic carbocycles. The lowest BCUT2D eigenvalue weighted by Gasteiger charge is -2.09. The van der Waals surface area contributed by atoms with E-state index >= 15 is 0 Å². The zero-order valence-corrected chi connectivity index (χ0v) is 8.75. The Morgan fingerprint density at radius 1 is 1.73 bits per heavy atom. The van der Waals surface area contributed by atoms with E-state index in [4.69, 9.17) is 4.42 Å². The number of hydrogen-bond donors (Lipinski definition) is 2. The number of carbonyl (C=O) groups is 1. The molecule has 1 fully saturated rings. The van der Waals surface area contributed by atoms with E-state index in [0.717, 1.165) is 18.7 Å². The Hall–Kier alpha value is -1.36. The summed E-state index contributed by atoms with van der Waals surface area (Å²) in [6.45, 7) is 3.25. The Morgan fingerprint density at radius 3 is 3.20 bits per heavy atom. The summed E-state index contributed by atoms with van der Waals surface area (Å²) in [6, 6.07) is 0.258. The van der Waals surface area contributed by atoms with Crippen LogP contribution in [0.3, 0.4) is 0 Å². The average Bonchev–Trinajstić information content (AvgIpc) is 2.76. The first-order chi connectivity index (χ1) is 7.24. The van der Waals surface area contributed by atoms with Crippen LogP contribution in [-0.2, 0) is 11.3 Å². The Kier molecular flexibility index (Phi) is 3.01. The lowest BCUT2D eigenvalue weighted by atomic mass is 10.2. The molecule has 1 atom stereocenters. The van der Waals surface area contributed by atoms with Gasteiger partial charge in [-0.1, -0.05) is 0 Å². The quantitative estimate of drug-likeness (QED) is 0.751. The van der Waals surface area contributed by atoms with Crippen LogP contribution in [0.15, 0.2) is 10.6 Å². The Balaban J connectivity index is 1.69. The van der Waals surface area contributed by atoms with Crippen LogP contribution in [-0.4, -0.2) is 23.5 Å². The van der Waals surface area contributed by atoms with Crippen molar-refractivity contribution in [3.63, 3.8) is 0 Å². The number of aryl methyl sites for hydroxylation is 1. The summed E-state index contributed by atoms with van der Waals surface area (Å²) >= 11 is 0. The number of nitrogens with zero attached hydrogens (tertiary/aromatic N) is 1. The van der Waals surface area contributed by atoms with Crippen molar-refractivity contribution in [1.82, 2.24) is 15.6 Å². The Morgan fingerprint density at radius 2 is 2.60 bits per heavy atom. The highest BCUT2D eigenvalue weighted by atomic mass is 16.4. The normalized spacial score (nSPS) is 20.6. The second-order valence-corrected chi connectivity index (χ2v) is 3.80. The molecule has 1 saturated heterocycles. The zero-order valence-electron chi connectivity index (χ0n) is 8.75. The fraction of sp³-hybridized carbons (Fsp3) is 0.600. The van der Waals surface area contributed by atoms with Gasteiger partial charge in [-0.3, -0.25) is 4.79 Å². The van der Waals surface area contributed by atoms with Crippen LogP contribution in [0.1, 0.15) is 24.5 Å². The molecule has 5 heteroatoms. The molecule has 1 aliphatic heterocycles. The van der Waals surface area contributed by atoms with Crippen molar-refractivity contribution < 1.29 is 9.21 Å². The summed E-state index contributed by atoms with van der Waals surface area (Å²) in [7, 11) is 0. The van der Waals surface area contributed by atoms with Crippen molar-refractivity contribution in [1.29, 1.82) is 0 Å². The molecular formula is C10H15N3O2. The molecule has 2 heterocycles. The fourth-order valence-corrected chi connectivity index (χ4v) is 1.67. The number of oxazole rings is 1. The molecule has 0 aromatic carbocycles. The molecule has 15 heavy (non-hydrogen) atoms. The summed E-state index contributed by atoms with van der Waals surface area (Å²) in [6.07, 6.45) is 3.26. The molecule has 5 nitrogen and oxygen atoms in total. The highest BCUT2D eigenvalue weighted by molar-refractivity contribution is 5.78. The van der Waals surface area contributed by atoms with Crippen LogP contribution < -0.4 is 10.6 Å². The minimum atomic E-state index is 0.147. The fourth-order valence-electron chi connectivity index (χ4n) is 1.67. The maximum Gasteiger partial charge on any atom is 0.220 e. The average molecular weight is 209 g/mol. The van der Waals surface area contributed by atoms with Crippen LogP contribution >= 0.6 is 0 Å². The summed E-state index contributed by atoms with van der Waals surface area (Å²) in [5.41, 5.74) is 0. The molecule has 0 saturated carbocycles. The molecule has 1 amide bonds. The van der Waals surface area contributed by atoms with E-state index in [1.54, 1.807) is 6.20 Å². The van der Waals surface area contributed by atoms with Gasteiger partial charge in [0.15, 0.2) is 0 Å². The lowest BCUT2D eigenvalue weighted by molar-refractivity contribution is -0.119. The predicted octanol–water partition coefficient (Wildman–Crippen LogP) is 0.351. The van der Waals surface area contributed by atoms with Crippen molar-refractivity contribution in [3.05, 3.63) is 17.8 Å². The summed E-state index contributed by atoms with van der Waals surface area (Å²) in [5.74, 6) is 1.66. The van der Waals surface area contributed by atoms with E-state index in [1.807, 2.05) is 6.92 Å². The van der Waals surface area contributed by atoms with Crippen molar-refractivity contribution in [2.24, 2.45) is 0 Å². The number of rotatable bonds is 4. The lowest BCUT2D eigenvalue weighted by Crippen LogP contribution is -2.35. The van der Waals surface area contributed by atoms with Crippen molar-refractivity contribution in [2.75, 3.05) is 6.54 Å². The summed E-state index contributed by atoms with van der Waals surface area (Å²) in [5, 5.41) is 6.10. The minimum absolute atomic E-state index is 0.147. The molecule has 2 rings (SSSR count). The van der Waals surface area contributed by atoms with Crippen molar-refractivity contribution in [3.8, 4) is 0 Å². The standard InChI is InChI=1S/C10H15N3O2/c1-7-4-12-10(15-7)6-11-5-8-2-3-9(14)13-8/h4,8,11H,2-3,5-6H2,1H3,(H,13,14). The van der Waals surface area contributed by atoms with Crippen LogP contribution in [0.25, 0.3) is 0 Å².